The highest BCUT2D eigenvalue weighted by molar-refractivity contribution is 5.87. The zero-order chi connectivity index (χ0) is 11.0. The Hall–Kier alpha value is -1.84. The minimum Gasteiger partial charge on any atom is -0.478 e. The van der Waals surface area contributed by atoms with Crippen LogP contribution in [0.2, 0.25) is 0 Å². The Morgan fingerprint density at radius 3 is 1.93 bits per heavy atom. The molecule has 0 aliphatic rings. The standard InChI is InChI=1S/C7H6O2.C3H7NO/c8-7(9)6-4-2-1-3-5-6;1-2-3(4)5/h1-5H,(H,8,9);2H2,1H3,(H2,4,5). The van der Waals surface area contributed by atoms with E-state index in [9.17, 15) is 9.59 Å². The lowest BCUT2D eigenvalue weighted by molar-refractivity contribution is -0.117. The molecule has 14 heavy (non-hydrogen) atoms. The lowest BCUT2D eigenvalue weighted by Crippen LogP contribution is -2.06. The first-order chi connectivity index (χ1) is 6.57. The Balaban J connectivity index is 0.000000292. The quantitative estimate of drug-likeness (QED) is 0.745. The zero-order valence-electron chi connectivity index (χ0n) is 7.93. The minimum absolute atomic E-state index is 0.245. The van der Waals surface area contributed by atoms with Crippen LogP contribution in [0.4, 0.5) is 0 Å². The monoisotopic (exact) mass is 195 g/mol. The van der Waals surface area contributed by atoms with Crippen molar-refractivity contribution in [3.63, 3.8) is 0 Å². The average molecular weight is 195 g/mol. The van der Waals surface area contributed by atoms with Gasteiger partial charge in [0, 0.05) is 6.42 Å². The second-order valence-electron chi connectivity index (χ2n) is 2.49. The van der Waals surface area contributed by atoms with E-state index in [2.05, 4.69) is 5.73 Å². The molecule has 0 radical (unpaired) electrons. The number of nitrogens with two attached hydrogens (primary N) is 1. The SMILES string of the molecule is CCC(N)=O.O=C(O)c1ccccc1. The molecular weight excluding hydrogens is 182 g/mol. The summed E-state index contributed by atoms with van der Waals surface area (Å²) < 4.78 is 0. The summed E-state index contributed by atoms with van der Waals surface area (Å²) in [6.45, 7) is 1.72. The highest BCUT2D eigenvalue weighted by Gasteiger charge is 1.96. The largest absolute Gasteiger partial charge is 0.478 e. The smallest absolute Gasteiger partial charge is 0.335 e. The van der Waals surface area contributed by atoms with Crippen LogP contribution in [0.3, 0.4) is 0 Å². The van der Waals surface area contributed by atoms with E-state index < -0.39 is 5.97 Å². The van der Waals surface area contributed by atoms with Crippen molar-refractivity contribution < 1.29 is 14.7 Å². The molecule has 4 nitrogen and oxygen atoms in total. The van der Waals surface area contributed by atoms with Crippen LogP contribution in [0.25, 0.3) is 0 Å². The molecule has 0 fully saturated rings. The number of benzene rings is 1. The molecule has 0 spiro atoms. The number of rotatable bonds is 2. The molecule has 0 saturated heterocycles. The molecule has 0 atom stereocenters. The molecule has 0 unspecified atom stereocenters. The maximum atomic E-state index is 10.2. The summed E-state index contributed by atoms with van der Waals surface area (Å²) in [5, 5.41) is 8.38. The van der Waals surface area contributed by atoms with Crippen LogP contribution in [0, 0.1) is 0 Å². The van der Waals surface area contributed by atoms with Crippen molar-refractivity contribution in [3.8, 4) is 0 Å². The molecule has 0 aromatic heterocycles. The summed E-state index contributed by atoms with van der Waals surface area (Å²) >= 11 is 0. The van der Waals surface area contributed by atoms with Gasteiger partial charge in [-0.05, 0) is 12.1 Å². The maximum Gasteiger partial charge on any atom is 0.335 e. The molecule has 1 amide bonds. The Bertz CT molecular complexity index is 295. The van der Waals surface area contributed by atoms with Crippen LogP contribution in [0.15, 0.2) is 30.3 Å². The maximum absolute atomic E-state index is 10.2. The number of aromatic carboxylic acids is 1. The van der Waals surface area contributed by atoms with E-state index in [-0.39, 0.29) is 5.91 Å². The molecule has 76 valence electrons. The van der Waals surface area contributed by atoms with E-state index in [1.165, 1.54) is 0 Å². The second kappa shape index (κ2) is 6.65. The van der Waals surface area contributed by atoms with Crippen molar-refractivity contribution in [1.29, 1.82) is 0 Å². The first-order valence-electron chi connectivity index (χ1n) is 4.14. The van der Waals surface area contributed by atoms with Gasteiger partial charge in [-0.15, -0.1) is 0 Å². The summed E-state index contributed by atoms with van der Waals surface area (Å²) in [5.74, 6) is -1.12. The second-order valence-corrected chi connectivity index (χ2v) is 2.49. The predicted molar refractivity (Wildman–Crippen MR) is 52.9 cm³/mol. The third kappa shape index (κ3) is 5.77. The van der Waals surface area contributed by atoms with Crippen molar-refractivity contribution in [2.45, 2.75) is 13.3 Å². The Morgan fingerprint density at radius 1 is 1.29 bits per heavy atom. The van der Waals surface area contributed by atoms with Gasteiger partial charge in [0.25, 0.3) is 0 Å². The van der Waals surface area contributed by atoms with Gasteiger partial charge in [0.15, 0.2) is 0 Å². The summed E-state index contributed by atoms with van der Waals surface area (Å²) in [7, 11) is 0. The molecular formula is C10H13NO3. The number of carboxylic acid groups (broad SMARTS) is 1. The molecule has 1 rings (SSSR count). The van der Waals surface area contributed by atoms with Crippen LogP contribution in [-0.4, -0.2) is 17.0 Å². The number of primary amides is 1. The molecule has 4 heteroatoms. The number of hydrogen-bond acceptors (Lipinski definition) is 2. The number of carboxylic acids is 1. The van der Waals surface area contributed by atoms with Gasteiger partial charge in [0.05, 0.1) is 5.56 Å². The molecule has 0 bridgehead atoms. The van der Waals surface area contributed by atoms with Gasteiger partial charge >= 0.3 is 5.97 Å². The first kappa shape index (κ1) is 12.2. The van der Waals surface area contributed by atoms with Crippen molar-refractivity contribution in [3.05, 3.63) is 35.9 Å². The van der Waals surface area contributed by atoms with Crippen LogP contribution in [0.1, 0.15) is 23.7 Å². The molecule has 1 aromatic rings. The van der Waals surface area contributed by atoms with Crippen LogP contribution in [0.5, 0.6) is 0 Å². The predicted octanol–water partition coefficient (Wildman–Crippen LogP) is 1.27. The fourth-order valence-electron chi connectivity index (χ4n) is 0.581. The van der Waals surface area contributed by atoms with Gasteiger partial charge in [0.1, 0.15) is 0 Å². The number of amides is 1. The van der Waals surface area contributed by atoms with Crippen molar-refractivity contribution in [1.82, 2.24) is 0 Å². The van der Waals surface area contributed by atoms with E-state index in [0.29, 0.717) is 12.0 Å². The third-order valence-electron chi connectivity index (χ3n) is 1.37. The summed E-state index contributed by atoms with van der Waals surface area (Å²) in [6.07, 6.45) is 0.444. The van der Waals surface area contributed by atoms with Crippen molar-refractivity contribution in [2.75, 3.05) is 0 Å². The van der Waals surface area contributed by atoms with Crippen molar-refractivity contribution >= 4 is 11.9 Å². The van der Waals surface area contributed by atoms with Gasteiger partial charge < -0.3 is 10.8 Å². The van der Waals surface area contributed by atoms with E-state index in [1.54, 1.807) is 37.3 Å². The lowest BCUT2D eigenvalue weighted by Gasteiger charge is -1.88. The Labute approximate surface area is 82.4 Å². The van der Waals surface area contributed by atoms with Gasteiger partial charge in [-0.3, -0.25) is 4.79 Å². The number of carbonyl (C=O) groups is 2. The Morgan fingerprint density at radius 2 is 1.71 bits per heavy atom. The lowest BCUT2D eigenvalue weighted by atomic mass is 10.2. The molecule has 0 aliphatic heterocycles. The molecule has 0 aliphatic carbocycles. The van der Waals surface area contributed by atoms with Crippen LogP contribution < -0.4 is 5.73 Å². The summed E-state index contributed by atoms with van der Waals surface area (Å²) in [6, 6.07) is 8.30. The highest BCUT2D eigenvalue weighted by atomic mass is 16.4. The average Bonchev–Trinajstić information content (AvgIpc) is 2.20. The van der Waals surface area contributed by atoms with E-state index in [1.807, 2.05) is 0 Å². The Kier molecular flexibility index (Phi) is 5.78. The van der Waals surface area contributed by atoms with Gasteiger partial charge in [-0.2, -0.15) is 0 Å². The molecule has 3 N–H and O–H groups in total. The molecule has 0 saturated carbocycles. The van der Waals surface area contributed by atoms with E-state index in [4.69, 9.17) is 5.11 Å². The molecule has 0 heterocycles. The normalized spacial score (nSPS) is 8.36. The topological polar surface area (TPSA) is 80.4 Å². The summed E-state index contributed by atoms with van der Waals surface area (Å²) in [4.78, 5) is 19.8. The molecule has 1 aromatic carbocycles. The summed E-state index contributed by atoms with van der Waals surface area (Å²) in [5.41, 5.74) is 4.98. The first-order valence-corrected chi connectivity index (χ1v) is 4.14. The minimum atomic E-state index is -0.879. The van der Waals surface area contributed by atoms with E-state index in [0.717, 1.165) is 0 Å². The van der Waals surface area contributed by atoms with Gasteiger partial charge in [-0.1, -0.05) is 25.1 Å². The van der Waals surface area contributed by atoms with Crippen LogP contribution >= 0.6 is 0 Å². The number of hydrogen-bond donors (Lipinski definition) is 2. The third-order valence-corrected chi connectivity index (χ3v) is 1.37. The van der Waals surface area contributed by atoms with Crippen LogP contribution in [-0.2, 0) is 4.79 Å². The van der Waals surface area contributed by atoms with E-state index >= 15 is 0 Å². The number of carbonyl (C=O) groups excluding carboxylic acids is 1. The fourth-order valence-corrected chi connectivity index (χ4v) is 0.581. The highest BCUT2D eigenvalue weighted by Crippen LogP contribution is 1.96. The van der Waals surface area contributed by atoms with Gasteiger partial charge in [-0.25, -0.2) is 4.79 Å². The van der Waals surface area contributed by atoms with Crippen molar-refractivity contribution in [2.24, 2.45) is 5.73 Å². The fraction of sp³-hybridized carbons (Fsp3) is 0.200. The van der Waals surface area contributed by atoms with Gasteiger partial charge in [0.2, 0.25) is 5.91 Å². The zero-order valence-corrected chi connectivity index (χ0v) is 7.93.